The summed E-state index contributed by atoms with van der Waals surface area (Å²) in [6.45, 7) is 13.1. The van der Waals surface area contributed by atoms with Crippen molar-refractivity contribution in [3.05, 3.63) is 94.4 Å². The fraction of sp³-hybridized carbons (Fsp3) is 0.412. The molecule has 0 saturated heterocycles. The van der Waals surface area contributed by atoms with Gasteiger partial charge in [-0.15, -0.1) is 6.58 Å². The summed E-state index contributed by atoms with van der Waals surface area (Å²) in [5, 5.41) is 10.8. The van der Waals surface area contributed by atoms with Crippen LogP contribution in [0.2, 0.25) is 0 Å². The topological polar surface area (TPSA) is 66.8 Å². The van der Waals surface area contributed by atoms with E-state index in [1.54, 1.807) is 12.1 Å². The second-order valence-electron chi connectivity index (χ2n) is 12.8. The Morgan fingerprint density at radius 3 is 2.03 bits per heavy atom. The maximum atomic E-state index is 14.1. The van der Waals surface area contributed by atoms with Crippen LogP contribution in [0.3, 0.4) is 0 Å². The zero-order valence-electron chi connectivity index (χ0n) is 23.8. The molecule has 0 aromatic heterocycles. The molecule has 1 N–H and O–H groups in total. The van der Waals surface area contributed by atoms with Gasteiger partial charge in [0, 0.05) is 53.4 Å². The van der Waals surface area contributed by atoms with Gasteiger partial charge >= 0.3 is 0 Å². The van der Waals surface area contributed by atoms with E-state index >= 15 is 0 Å². The van der Waals surface area contributed by atoms with Gasteiger partial charge in [-0.3, -0.25) is 9.59 Å². The van der Waals surface area contributed by atoms with Crippen LogP contribution in [0.4, 0.5) is 0 Å². The number of hydrogen-bond donors (Lipinski definition) is 1. The summed E-state index contributed by atoms with van der Waals surface area (Å²) in [4.78, 5) is 30.4. The lowest BCUT2D eigenvalue weighted by Crippen LogP contribution is -2.44. The average molecular weight is 526 g/mol. The maximum absolute atomic E-state index is 14.1. The number of Topliss-reactive ketones (excluding diaryl/α,β-unsaturated/α-hetero) is 2. The van der Waals surface area contributed by atoms with Crippen molar-refractivity contribution in [1.82, 2.24) is 4.90 Å². The van der Waals surface area contributed by atoms with Gasteiger partial charge in [-0.05, 0) is 47.3 Å². The van der Waals surface area contributed by atoms with Gasteiger partial charge in [-0.25, -0.2) is 0 Å². The van der Waals surface area contributed by atoms with Crippen LogP contribution in [-0.2, 0) is 22.6 Å². The van der Waals surface area contributed by atoms with Gasteiger partial charge in [0.15, 0.2) is 23.1 Å². The van der Waals surface area contributed by atoms with E-state index in [-0.39, 0.29) is 28.1 Å². The molecule has 0 atom stereocenters. The highest BCUT2D eigenvalue weighted by molar-refractivity contribution is 6.06. The van der Waals surface area contributed by atoms with Crippen molar-refractivity contribution in [2.24, 2.45) is 10.8 Å². The van der Waals surface area contributed by atoms with Gasteiger partial charge in [0.05, 0.1) is 7.11 Å². The van der Waals surface area contributed by atoms with Crippen molar-refractivity contribution >= 4 is 11.6 Å². The number of rotatable bonds is 6. The number of allylic oxidation sites excluding steroid dienone is 5. The van der Waals surface area contributed by atoms with Crippen LogP contribution < -0.4 is 4.74 Å². The molecule has 0 fully saturated rings. The number of nitrogens with zero attached hydrogens (tertiary/aromatic N) is 1. The van der Waals surface area contributed by atoms with Crippen molar-refractivity contribution in [1.29, 1.82) is 0 Å². The Labute approximate surface area is 231 Å². The Kier molecular flexibility index (Phi) is 6.82. The molecule has 2 aromatic rings. The second-order valence-corrected chi connectivity index (χ2v) is 12.8. The van der Waals surface area contributed by atoms with Crippen LogP contribution in [0, 0.1) is 10.8 Å². The Balaban J connectivity index is 1.80. The summed E-state index contributed by atoms with van der Waals surface area (Å²) in [6, 6.07) is 14.0. The number of carbonyl (C=O) groups excluding carboxylic acids is 2. The van der Waals surface area contributed by atoms with E-state index in [1.807, 2.05) is 24.3 Å². The van der Waals surface area contributed by atoms with Crippen LogP contribution in [0.5, 0.6) is 11.5 Å². The molecule has 39 heavy (non-hydrogen) atoms. The molecule has 3 aliphatic rings. The standard InChI is InChI=1S/C34H39NO4/c1-7-11-22-14-23(15-28(39-6)32(22)38)29-30-24(16-33(2,3)18-26(30)36)35(20-21-12-9-8-10-13-21)25-17-34(4,5)19-27(37)31(25)29/h7-10,12-15,29,38H,1,11,16-20H2,2-6H3. The number of benzene rings is 2. The Hall–Kier alpha value is -3.60. The van der Waals surface area contributed by atoms with Crippen LogP contribution in [0.25, 0.3) is 0 Å². The molecule has 1 heterocycles. The molecule has 0 bridgehead atoms. The number of phenols is 1. The molecule has 1 aliphatic heterocycles. The Morgan fingerprint density at radius 1 is 0.949 bits per heavy atom. The van der Waals surface area contributed by atoms with E-state index in [0.29, 0.717) is 48.3 Å². The normalized spacial score (nSPS) is 20.6. The summed E-state index contributed by atoms with van der Waals surface area (Å²) >= 11 is 0. The fourth-order valence-corrected chi connectivity index (χ4v) is 6.66. The monoisotopic (exact) mass is 525 g/mol. The molecule has 5 heteroatoms. The molecule has 2 aromatic carbocycles. The number of hydrogen-bond acceptors (Lipinski definition) is 5. The fourth-order valence-electron chi connectivity index (χ4n) is 6.66. The lowest BCUT2D eigenvalue weighted by molar-refractivity contribution is -0.119. The Bertz CT molecular complexity index is 1360. The molecule has 2 aliphatic carbocycles. The smallest absolute Gasteiger partial charge is 0.162 e. The lowest BCUT2D eigenvalue weighted by Gasteiger charge is -2.49. The van der Waals surface area contributed by atoms with Crippen molar-refractivity contribution in [3.8, 4) is 11.5 Å². The third kappa shape index (κ3) is 4.95. The lowest BCUT2D eigenvalue weighted by atomic mass is 9.63. The van der Waals surface area contributed by atoms with E-state index in [1.165, 1.54) is 7.11 Å². The number of phenolic OH excluding ortho intramolecular Hbond substituents is 1. The predicted molar refractivity (Wildman–Crippen MR) is 153 cm³/mol. The number of aromatic hydroxyl groups is 1. The molecule has 5 rings (SSSR count). The van der Waals surface area contributed by atoms with Crippen molar-refractivity contribution in [2.45, 2.75) is 72.3 Å². The van der Waals surface area contributed by atoms with Gasteiger partial charge in [0.25, 0.3) is 0 Å². The molecular formula is C34H39NO4. The van der Waals surface area contributed by atoms with Gasteiger partial charge in [-0.2, -0.15) is 0 Å². The Morgan fingerprint density at radius 2 is 1.51 bits per heavy atom. The largest absolute Gasteiger partial charge is 0.504 e. The third-order valence-electron chi connectivity index (χ3n) is 8.30. The SMILES string of the molecule is C=CCc1cc(C2C3=C(CC(C)(C)CC3=O)N(Cc3ccccc3)C3=C2C(=O)CC(C)(C)C3)cc(OC)c1O. The quantitative estimate of drug-likeness (QED) is 0.411. The van der Waals surface area contributed by atoms with Crippen molar-refractivity contribution in [2.75, 3.05) is 7.11 Å². The van der Waals surface area contributed by atoms with E-state index in [9.17, 15) is 14.7 Å². The first-order valence-electron chi connectivity index (χ1n) is 13.8. The van der Waals surface area contributed by atoms with Crippen LogP contribution in [0.1, 0.15) is 76.0 Å². The van der Waals surface area contributed by atoms with E-state index in [0.717, 1.165) is 35.4 Å². The number of ketones is 2. The molecular weight excluding hydrogens is 486 g/mol. The zero-order valence-corrected chi connectivity index (χ0v) is 23.8. The van der Waals surface area contributed by atoms with Crippen molar-refractivity contribution in [3.63, 3.8) is 0 Å². The zero-order chi connectivity index (χ0) is 28.1. The molecule has 5 nitrogen and oxygen atoms in total. The molecule has 0 saturated carbocycles. The van der Waals surface area contributed by atoms with Gasteiger partial charge in [0.2, 0.25) is 0 Å². The highest BCUT2D eigenvalue weighted by Gasteiger charge is 2.49. The van der Waals surface area contributed by atoms with Crippen LogP contribution >= 0.6 is 0 Å². The summed E-state index contributed by atoms with van der Waals surface area (Å²) in [6.07, 6.45) is 4.54. The highest BCUT2D eigenvalue weighted by Crippen LogP contribution is 2.55. The predicted octanol–water partition coefficient (Wildman–Crippen LogP) is 7.02. The van der Waals surface area contributed by atoms with E-state index in [4.69, 9.17) is 4.74 Å². The molecule has 0 spiro atoms. The van der Waals surface area contributed by atoms with Gasteiger partial charge in [-0.1, -0.05) is 70.2 Å². The summed E-state index contributed by atoms with van der Waals surface area (Å²) in [7, 11) is 1.52. The van der Waals surface area contributed by atoms with Crippen LogP contribution in [-0.4, -0.2) is 28.7 Å². The minimum Gasteiger partial charge on any atom is -0.504 e. The second kappa shape index (κ2) is 9.86. The van der Waals surface area contributed by atoms with E-state index < -0.39 is 5.92 Å². The molecule has 0 amide bonds. The minimum atomic E-state index is -0.493. The first-order valence-corrected chi connectivity index (χ1v) is 13.8. The minimum absolute atomic E-state index is 0.0678. The van der Waals surface area contributed by atoms with Crippen molar-refractivity contribution < 1.29 is 19.4 Å². The average Bonchev–Trinajstić information content (AvgIpc) is 2.85. The van der Waals surface area contributed by atoms with E-state index in [2.05, 4.69) is 51.3 Å². The third-order valence-corrected chi connectivity index (χ3v) is 8.30. The first kappa shape index (κ1) is 27.0. The number of methoxy groups -OCH3 is 1. The number of carbonyl (C=O) groups is 2. The summed E-state index contributed by atoms with van der Waals surface area (Å²) in [5.74, 6) is 0.0923. The van der Waals surface area contributed by atoms with Crippen LogP contribution in [0.15, 0.2) is 77.7 Å². The number of ether oxygens (including phenoxy) is 1. The van der Waals surface area contributed by atoms with Gasteiger partial charge in [0.1, 0.15) is 0 Å². The summed E-state index contributed by atoms with van der Waals surface area (Å²) in [5.41, 5.74) is 5.71. The molecule has 204 valence electrons. The highest BCUT2D eigenvalue weighted by atomic mass is 16.5. The maximum Gasteiger partial charge on any atom is 0.162 e. The van der Waals surface area contributed by atoms with Gasteiger partial charge < -0.3 is 14.7 Å². The molecule has 0 radical (unpaired) electrons. The summed E-state index contributed by atoms with van der Waals surface area (Å²) < 4.78 is 5.56. The molecule has 0 unspecified atom stereocenters. The first-order chi connectivity index (χ1) is 18.4.